The average molecular weight is 298 g/mol. The van der Waals surface area contributed by atoms with Gasteiger partial charge in [0.15, 0.2) is 5.69 Å². The third-order valence-corrected chi connectivity index (χ3v) is 4.12. The van der Waals surface area contributed by atoms with Crippen LogP contribution in [-0.4, -0.2) is 28.3 Å². The van der Waals surface area contributed by atoms with Crippen molar-refractivity contribution in [2.45, 2.75) is 32.5 Å². The first kappa shape index (κ1) is 13.3. The van der Waals surface area contributed by atoms with Gasteiger partial charge in [0.25, 0.3) is 5.91 Å². The fraction of sp³-hybridized carbons (Fsp3) is 0.375. The van der Waals surface area contributed by atoms with Crippen molar-refractivity contribution in [1.82, 2.24) is 15.1 Å². The van der Waals surface area contributed by atoms with Crippen LogP contribution in [0.3, 0.4) is 0 Å². The maximum Gasteiger partial charge on any atom is 0.276 e. The number of carbonyl (C=O) groups is 1. The second-order valence-corrected chi connectivity index (χ2v) is 5.86. The number of hydrogen-bond acceptors (Lipinski definition) is 4. The lowest BCUT2D eigenvalue weighted by atomic mass is 10.1. The van der Waals surface area contributed by atoms with Crippen molar-refractivity contribution in [3.63, 3.8) is 0 Å². The van der Waals surface area contributed by atoms with Crippen molar-refractivity contribution in [2.24, 2.45) is 0 Å². The molecule has 1 amide bonds. The molecule has 2 aromatic rings. The molecule has 4 rings (SSSR count). The zero-order valence-corrected chi connectivity index (χ0v) is 12.4. The summed E-state index contributed by atoms with van der Waals surface area (Å²) in [6.45, 7) is 4.36. The summed E-state index contributed by atoms with van der Waals surface area (Å²) in [6, 6.07) is 7.97. The fourth-order valence-corrected chi connectivity index (χ4v) is 2.93. The van der Waals surface area contributed by atoms with Crippen LogP contribution in [0.1, 0.15) is 28.7 Å². The van der Waals surface area contributed by atoms with E-state index in [9.17, 15) is 4.79 Å². The Hall–Kier alpha value is -2.34. The number of ether oxygens (including phenoxy) is 1. The molecule has 1 unspecified atom stereocenters. The molecule has 0 saturated heterocycles. The summed E-state index contributed by atoms with van der Waals surface area (Å²) in [5.41, 5.74) is 3.43. The van der Waals surface area contributed by atoms with Crippen LogP contribution in [0.4, 0.5) is 5.69 Å². The summed E-state index contributed by atoms with van der Waals surface area (Å²) in [5, 5.41) is 10.7. The van der Waals surface area contributed by atoms with Crippen molar-refractivity contribution >= 4 is 11.6 Å². The third kappa shape index (κ3) is 2.35. The molecule has 2 aliphatic heterocycles. The number of rotatable bonds is 2. The van der Waals surface area contributed by atoms with E-state index >= 15 is 0 Å². The lowest BCUT2D eigenvalue weighted by Gasteiger charge is -2.21. The molecule has 2 aliphatic rings. The van der Waals surface area contributed by atoms with Gasteiger partial charge in [-0.25, -0.2) is 0 Å². The van der Waals surface area contributed by atoms with Crippen LogP contribution in [0.25, 0.3) is 0 Å². The molecule has 1 aromatic carbocycles. The highest BCUT2D eigenvalue weighted by molar-refractivity contribution is 6.03. The van der Waals surface area contributed by atoms with Gasteiger partial charge in [-0.3, -0.25) is 9.48 Å². The average Bonchev–Trinajstić information content (AvgIpc) is 3.12. The lowest BCUT2D eigenvalue weighted by molar-refractivity contribution is 0.102. The molecule has 0 radical (unpaired) electrons. The van der Waals surface area contributed by atoms with Gasteiger partial charge in [0.05, 0.1) is 18.8 Å². The van der Waals surface area contributed by atoms with Crippen LogP contribution in [0.15, 0.2) is 24.3 Å². The van der Waals surface area contributed by atoms with Gasteiger partial charge in [0.2, 0.25) is 0 Å². The molecule has 2 N–H and O–H groups in total. The number of nitrogens with one attached hydrogen (secondary N) is 2. The summed E-state index contributed by atoms with van der Waals surface area (Å²) >= 11 is 0. The Morgan fingerprint density at radius 3 is 3.27 bits per heavy atom. The number of amides is 1. The summed E-state index contributed by atoms with van der Waals surface area (Å²) in [7, 11) is 0. The van der Waals surface area contributed by atoms with E-state index < -0.39 is 0 Å². The van der Waals surface area contributed by atoms with E-state index in [0.717, 1.165) is 42.2 Å². The Labute approximate surface area is 128 Å². The third-order valence-electron chi connectivity index (χ3n) is 4.12. The molecular formula is C16H18N4O2. The first-order valence-electron chi connectivity index (χ1n) is 7.56. The monoisotopic (exact) mass is 298 g/mol. The van der Waals surface area contributed by atoms with E-state index in [0.29, 0.717) is 18.3 Å². The highest BCUT2D eigenvalue weighted by atomic mass is 16.5. The van der Waals surface area contributed by atoms with E-state index in [1.54, 1.807) is 0 Å². The Kier molecular flexibility index (Phi) is 3.11. The second-order valence-electron chi connectivity index (χ2n) is 5.86. The van der Waals surface area contributed by atoms with Crippen LogP contribution in [0.5, 0.6) is 5.75 Å². The predicted molar refractivity (Wildman–Crippen MR) is 82.1 cm³/mol. The summed E-state index contributed by atoms with van der Waals surface area (Å²) < 4.78 is 7.38. The van der Waals surface area contributed by atoms with Gasteiger partial charge in [-0.2, -0.15) is 5.10 Å². The van der Waals surface area contributed by atoms with E-state index in [-0.39, 0.29) is 5.91 Å². The van der Waals surface area contributed by atoms with Gasteiger partial charge < -0.3 is 15.4 Å². The number of anilines is 1. The van der Waals surface area contributed by atoms with Gasteiger partial charge in [-0.15, -0.1) is 0 Å². The molecule has 0 aliphatic carbocycles. The van der Waals surface area contributed by atoms with Gasteiger partial charge in [0.1, 0.15) is 5.75 Å². The number of nitrogens with zero attached hydrogens (tertiary/aromatic N) is 2. The maximum absolute atomic E-state index is 12.4. The highest BCUT2D eigenvalue weighted by Crippen LogP contribution is 2.28. The Bertz CT molecular complexity index is 738. The first-order valence-corrected chi connectivity index (χ1v) is 7.56. The maximum atomic E-state index is 12.4. The molecule has 0 bridgehead atoms. The minimum atomic E-state index is -0.173. The smallest absolute Gasteiger partial charge is 0.276 e. The standard InChI is InChI=1S/C16H18N4O2/c1-10-9-20-13(8-17-10)7-14(19-20)16(21)18-12-2-3-15-11(6-12)4-5-22-15/h2-3,6-7,10,17H,4-5,8-9H2,1H3,(H,18,21). The first-order chi connectivity index (χ1) is 10.7. The number of hydrogen-bond donors (Lipinski definition) is 2. The van der Waals surface area contributed by atoms with Crippen molar-refractivity contribution in [2.75, 3.05) is 11.9 Å². The van der Waals surface area contributed by atoms with Crippen LogP contribution in [0, 0.1) is 0 Å². The number of carbonyl (C=O) groups excluding carboxylic acids is 1. The van der Waals surface area contributed by atoms with Crippen molar-refractivity contribution < 1.29 is 9.53 Å². The molecule has 6 nitrogen and oxygen atoms in total. The van der Waals surface area contributed by atoms with Crippen molar-refractivity contribution in [1.29, 1.82) is 0 Å². The molecule has 114 valence electrons. The van der Waals surface area contributed by atoms with Crippen LogP contribution in [0.2, 0.25) is 0 Å². The predicted octanol–water partition coefficient (Wildman–Crippen LogP) is 1.56. The van der Waals surface area contributed by atoms with Crippen molar-refractivity contribution in [3.8, 4) is 5.75 Å². The molecule has 1 atom stereocenters. The fourth-order valence-electron chi connectivity index (χ4n) is 2.93. The second kappa shape index (κ2) is 5.14. The van der Waals surface area contributed by atoms with E-state index in [2.05, 4.69) is 22.7 Å². The van der Waals surface area contributed by atoms with E-state index in [4.69, 9.17) is 4.74 Å². The highest BCUT2D eigenvalue weighted by Gasteiger charge is 2.20. The zero-order chi connectivity index (χ0) is 15.1. The molecular weight excluding hydrogens is 280 g/mol. The van der Waals surface area contributed by atoms with Gasteiger partial charge >= 0.3 is 0 Å². The molecule has 22 heavy (non-hydrogen) atoms. The van der Waals surface area contributed by atoms with Crippen LogP contribution >= 0.6 is 0 Å². The van der Waals surface area contributed by atoms with Crippen molar-refractivity contribution in [3.05, 3.63) is 41.2 Å². The lowest BCUT2D eigenvalue weighted by Crippen LogP contribution is -2.36. The Morgan fingerprint density at radius 2 is 2.36 bits per heavy atom. The molecule has 0 saturated carbocycles. The van der Waals surface area contributed by atoms with Gasteiger partial charge in [-0.05, 0) is 36.8 Å². The number of aromatic nitrogens is 2. The quantitative estimate of drug-likeness (QED) is 0.883. The SMILES string of the molecule is CC1Cn2nc(C(=O)Nc3ccc4c(c3)CCO4)cc2CN1. The molecule has 6 heteroatoms. The molecule has 3 heterocycles. The minimum absolute atomic E-state index is 0.173. The molecule has 0 fully saturated rings. The topological polar surface area (TPSA) is 68.2 Å². The largest absolute Gasteiger partial charge is 0.493 e. The summed E-state index contributed by atoms with van der Waals surface area (Å²) in [6.07, 6.45) is 0.890. The van der Waals surface area contributed by atoms with E-state index in [1.807, 2.05) is 28.9 Å². The molecule has 1 aromatic heterocycles. The zero-order valence-electron chi connectivity index (χ0n) is 12.4. The number of benzene rings is 1. The van der Waals surface area contributed by atoms with Gasteiger partial charge in [0, 0.05) is 24.7 Å². The Balaban J connectivity index is 1.53. The normalized spacial score (nSPS) is 19.2. The summed E-state index contributed by atoms with van der Waals surface area (Å²) in [5.74, 6) is 0.740. The van der Waals surface area contributed by atoms with Crippen LogP contribution in [-0.2, 0) is 19.5 Å². The summed E-state index contributed by atoms with van der Waals surface area (Å²) in [4.78, 5) is 12.4. The van der Waals surface area contributed by atoms with Crippen LogP contribution < -0.4 is 15.4 Å². The number of fused-ring (bicyclic) bond motifs is 2. The van der Waals surface area contributed by atoms with E-state index in [1.165, 1.54) is 0 Å². The Morgan fingerprint density at radius 1 is 1.45 bits per heavy atom. The minimum Gasteiger partial charge on any atom is -0.493 e. The molecule has 0 spiro atoms. The van der Waals surface area contributed by atoms with Gasteiger partial charge in [-0.1, -0.05) is 0 Å².